The average molecular weight is 281 g/mol. The summed E-state index contributed by atoms with van der Waals surface area (Å²) in [6.45, 7) is 0.400. The number of rotatable bonds is 0. The van der Waals surface area contributed by atoms with Gasteiger partial charge >= 0.3 is 6.18 Å². The van der Waals surface area contributed by atoms with Gasteiger partial charge in [-0.3, -0.25) is 0 Å². The molecular weight excluding hydrogens is 267 g/mol. The summed E-state index contributed by atoms with van der Waals surface area (Å²) in [4.78, 5) is 5.17. The van der Waals surface area contributed by atoms with Crippen molar-refractivity contribution in [1.29, 1.82) is 5.26 Å². The molecule has 0 spiro atoms. The Labute approximate surface area is 107 Å². The number of alkyl halides is 3. The fourth-order valence-electron chi connectivity index (χ4n) is 1.88. The van der Waals surface area contributed by atoms with E-state index in [1.807, 2.05) is 0 Å². The summed E-state index contributed by atoms with van der Waals surface area (Å²) in [5.74, 6) is 0. The number of aliphatic imine (C=N–C) groups is 1. The van der Waals surface area contributed by atoms with Gasteiger partial charge in [-0.2, -0.15) is 18.4 Å². The van der Waals surface area contributed by atoms with Crippen LogP contribution in [0.25, 0.3) is 0 Å². The van der Waals surface area contributed by atoms with Crippen molar-refractivity contribution < 1.29 is 18.3 Å². The highest BCUT2D eigenvalue weighted by atomic mass is 32.2. The molecule has 1 atom stereocenters. The van der Waals surface area contributed by atoms with Gasteiger partial charge in [-0.1, -0.05) is 11.8 Å². The Morgan fingerprint density at radius 3 is 2.61 bits per heavy atom. The molecule has 0 aromatic rings. The minimum Gasteiger partial charge on any atom is -0.380 e. The van der Waals surface area contributed by atoms with Crippen LogP contribution in [0.4, 0.5) is 13.2 Å². The van der Waals surface area contributed by atoms with Crippen LogP contribution in [0.1, 0.15) is 19.3 Å². The molecule has 1 rings (SSSR count). The Morgan fingerprint density at radius 1 is 1.44 bits per heavy atom. The normalized spacial score (nSPS) is 26.7. The highest BCUT2D eigenvalue weighted by Crippen LogP contribution is 2.38. The molecule has 1 saturated heterocycles. The highest BCUT2D eigenvalue weighted by molar-refractivity contribution is 8.13. The van der Waals surface area contributed by atoms with E-state index in [2.05, 4.69) is 4.99 Å². The highest BCUT2D eigenvalue weighted by Gasteiger charge is 2.53. The second-order valence-electron chi connectivity index (χ2n) is 4.07. The monoisotopic (exact) mass is 281 g/mol. The lowest BCUT2D eigenvalue weighted by Gasteiger charge is -2.29. The van der Waals surface area contributed by atoms with Gasteiger partial charge in [0, 0.05) is 19.5 Å². The number of likely N-dealkylation sites (tertiary alicyclic amines) is 1. The molecule has 0 aromatic carbocycles. The number of aliphatic hydroxyl groups is 1. The van der Waals surface area contributed by atoms with E-state index in [0.29, 0.717) is 11.7 Å². The van der Waals surface area contributed by atoms with Crippen molar-refractivity contribution in [3.05, 3.63) is 0 Å². The first-order chi connectivity index (χ1) is 8.34. The van der Waals surface area contributed by atoms with Crippen LogP contribution in [-0.2, 0) is 0 Å². The van der Waals surface area contributed by atoms with E-state index in [1.165, 1.54) is 11.8 Å². The van der Waals surface area contributed by atoms with Crippen molar-refractivity contribution in [2.75, 3.05) is 19.3 Å². The Morgan fingerprint density at radius 2 is 2.11 bits per heavy atom. The predicted molar refractivity (Wildman–Crippen MR) is 63.0 cm³/mol. The van der Waals surface area contributed by atoms with Crippen molar-refractivity contribution in [2.45, 2.75) is 31.0 Å². The van der Waals surface area contributed by atoms with Crippen LogP contribution in [0.15, 0.2) is 4.99 Å². The molecule has 0 amide bonds. The van der Waals surface area contributed by atoms with E-state index in [9.17, 15) is 18.3 Å². The molecule has 1 aliphatic rings. The van der Waals surface area contributed by atoms with E-state index in [1.54, 1.807) is 17.3 Å². The van der Waals surface area contributed by atoms with Gasteiger partial charge in [0.25, 0.3) is 0 Å². The van der Waals surface area contributed by atoms with Gasteiger partial charge in [0.05, 0.1) is 0 Å². The van der Waals surface area contributed by atoms with Crippen LogP contribution < -0.4 is 0 Å². The third-order valence-electron chi connectivity index (χ3n) is 2.94. The Balaban J connectivity index is 2.79. The number of halogens is 3. The number of amidine groups is 1. The molecule has 0 aliphatic carbocycles. The first kappa shape index (κ1) is 15.1. The minimum atomic E-state index is -4.62. The summed E-state index contributed by atoms with van der Waals surface area (Å²) in [5.41, 5.74) is -2.63. The molecular formula is C10H14F3N3OS. The van der Waals surface area contributed by atoms with Gasteiger partial charge in [0.2, 0.25) is 6.19 Å². The SMILES string of the molecule is CSC(=NC#N)N1CCCC(O)(C(F)(F)F)CC1. The summed E-state index contributed by atoms with van der Waals surface area (Å²) in [7, 11) is 0. The summed E-state index contributed by atoms with van der Waals surface area (Å²) >= 11 is 1.21. The zero-order chi connectivity index (χ0) is 13.8. The smallest absolute Gasteiger partial charge is 0.380 e. The number of hydrogen-bond acceptors (Lipinski definition) is 4. The van der Waals surface area contributed by atoms with E-state index in [-0.39, 0.29) is 19.4 Å². The minimum absolute atomic E-state index is 0.0391. The molecule has 18 heavy (non-hydrogen) atoms. The molecule has 0 aromatic heterocycles. The molecule has 1 fully saturated rings. The molecule has 1 N–H and O–H groups in total. The molecule has 0 bridgehead atoms. The first-order valence-corrected chi connectivity index (χ1v) is 6.61. The van der Waals surface area contributed by atoms with Crippen LogP contribution in [0, 0.1) is 11.5 Å². The van der Waals surface area contributed by atoms with Crippen molar-refractivity contribution in [2.24, 2.45) is 4.99 Å². The lowest BCUT2D eigenvalue weighted by molar-refractivity contribution is -0.263. The van der Waals surface area contributed by atoms with Gasteiger partial charge in [-0.05, 0) is 19.1 Å². The molecule has 1 unspecified atom stereocenters. The maximum absolute atomic E-state index is 12.7. The second kappa shape index (κ2) is 5.80. The van der Waals surface area contributed by atoms with Crippen LogP contribution in [0.3, 0.4) is 0 Å². The van der Waals surface area contributed by atoms with E-state index in [4.69, 9.17) is 5.26 Å². The average Bonchev–Trinajstić information content (AvgIpc) is 2.48. The molecule has 0 radical (unpaired) electrons. The topological polar surface area (TPSA) is 59.6 Å². The standard InChI is InChI=1S/C10H14F3N3OS/c1-18-8(15-7-14)16-5-2-3-9(17,4-6-16)10(11,12)13/h17H,2-6H2,1H3. The van der Waals surface area contributed by atoms with Crippen molar-refractivity contribution in [3.63, 3.8) is 0 Å². The van der Waals surface area contributed by atoms with E-state index < -0.39 is 18.2 Å². The number of thioether (sulfide) groups is 1. The van der Waals surface area contributed by atoms with Gasteiger partial charge in [0.15, 0.2) is 10.8 Å². The van der Waals surface area contributed by atoms with Crippen molar-refractivity contribution in [3.8, 4) is 6.19 Å². The van der Waals surface area contributed by atoms with E-state index >= 15 is 0 Å². The predicted octanol–water partition coefficient (Wildman–Crippen LogP) is 1.97. The van der Waals surface area contributed by atoms with Crippen molar-refractivity contribution >= 4 is 16.9 Å². The van der Waals surface area contributed by atoms with E-state index in [0.717, 1.165) is 0 Å². The zero-order valence-corrected chi connectivity index (χ0v) is 10.7. The van der Waals surface area contributed by atoms with Gasteiger partial charge < -0.3 is 10.0 Å². The molecule has 1 aliphatic heterocycles. The van der Waals surface area contributed by atoms with Gasteiger partial charge in [-0.25, -0.2) is 0 Å². The lowest BCUT2D eigenvalue weighted by Crippen LogP contribution is -2.45. The summed E-state index contributed by atoms with van der Waals surface area (Å²) < 4.78 is 38.1. The van der Waals surface area contributed by atoms with Crippen molar-refractivity contribution in [1.82, 2.24) is 4.90 Å². The van der Waals surface area contributed by atoms with Crippen LogP contribution in [0.5, 0.6) is 0 Å². The summed E-state index contributed by atoms with van der Waals surface area (Å²) in [6, 6.07) is 0. The Hall–Kier alpha value is -0.940. The summed E-state index contributed by atoms with van der Waals surface area (Å²) in [6.07, 6.45) is -1.79. The molecule has 1 heterocycles. The maximum Gasteiger partial charge on any atom is 0.417 e. The molecule has 8 heteroatoms. The second-order valence-corrected chi connectivity index (χ2v) is 4.84. The molecule has 4 nitrogen and oxygen atoms in total. The molecule has 102 valence electrons. The largest absolute Gasteiger partial charge is 0.417 e. The van der Waals surface area contributed by atoms with Gasteiger partial charge in [-0.15, -0.1) is 4.99 Å². The fraction of sp³-hybridized carbons (Fsp3) is 0.800. The third-order valence-corrected chi connectivity index (χ3v) is 3.65. The number of hydrogen-bond donors (Lipinski definition) is 1. The van der Waals surface area contributed by atoms with Crippen LogP contribution in [0.2, 0.25) is 0 Å². The fourth-order valence-corrected chi connectivity index (χ4v) is 2.45. The quantitative estimate of drug-likeness (QED) is 0.419. The summed E-state index contributed by atoms with van der Waals surface area (Å²) in [5, 5.41) is 18.5. The van der Waals surface area contributed by atoms with Crippen LogP contribution in [-0.4, -0.2) is 46.3 Å². The zero-order valence-electron chi connectivity index (χ0n) is 9.87. The van der Waals surface area contributed by atoms with Gasteiger partial charge in [0.1, 0.15) is 0 Å². The molecule has 0 saturated carbocycles. The Kier molecular flexibility index (Phi) is 4.87. The maximum atomic E-state index is 12.7. The number of nitrogens with zero attached hydrogens (tertiary/aromatic N) is 3. The first-order valence-electron chi connectivity index (χ1n) is 5.39. The number of nitriles is 1. The Bertz CT molecular complexity index is 366. The third kappa shape index (κ3) is 3.29. The lowest BCUT2D eigenvalue weighted by atomic mass is 9.94. The van der Waals surface area contributed by atoms with Crippen LogP contribution >= 0.6 is 11.8 Å².